The van der Waals surface area contributed by atoms with E-state index in [-0.39, 0.29) is 0 Å². The van der Waals surface area contributed by atoms with Crippen molar-refractivity contribution in [1.29, 1.82) is 0 Å². The summed E-state index contributed by atoms with van der Waals surface area (Å²) in [5.74, 6) is 1.34. The maximum atomic E-state index is 5.06. The smallest absolute Gasteiger partial charge is 0.125 e. The highest BCUT2D eigenvalue weighted by Crippen LogP contribution is 2.46. The highest BCUT2D eigenvalue weighted by atomic mass is 16.6. The molecule has 0 saturated heterocycles. The fourth-order valence-electron chi connectivity index (χ4n) is 2.13. The summed E-state index contributed by atoms with van der Waals surface area (Å²) >= 11 is 0. The normalized spacial score (nSPS) is 39.7. The van der Waals surface area contributed by atoms with Crippen LogP contribution in [0.15, 0.2) is 5.16 Å². The molecule has 2 unspecified atom stereocenters. The quantitative estimate of drug-likeness (QED) is 0.522. The molecule has 0 N–H and O–H groups in total. The van der Waals surface area contributed by atoms with Gasteiger partial charge in [-0.1, -0.05) is 25.9 Å². The molecule has 0 aromatic heterocycles. The van der Waals surface area contributed by atoms with Gasteiger partial charge in [-0.25, -0.2) is 0 Å². The number of hydrogen-bond donors (Lipinski definition) is 0. The van der Waals surface area contributed by atoms with Crippen molar-refractivity contribution in [3.63, 3.8) is 0 Å². The number of hydrogen-bond acceptors (Lipinski definition) is 2. The molecule has 0 aromatic rings. The van der Waals surface area contributed by atoms with Crippen LogP contribution in [-0.2, 0) is 4.84 Å². The minimum Gasteiger partial charge on any atom is -0.395 e. The molecule has 11 heavy (non-hydrogen) atoms. The lowest BCUT2D eigenvalue weighted by molar-refractivity contribution is 0.114. The van der Waals surface area contributed by atoms with Crippen LogP contribution < -0.4 is 0 Å². The largest absolute Gasteiger partial charge is 0.395 e. The minimum atomic E-state index is 0.438. The van der Waals surface area contributed by atoms with E-state index in [9.17, 15) is 0 Å². The van der Waals surface area contributed by atoms with Crippen LogP contribution in [0.5, 0.6) is 0 Å². The lowest BCUT2D eigenvalue weighted by Crippen LogP contribution is -2.20. The molecule has 1 aliphatic heterocycles. The predicted molar refractivity (Wildman–Crippen MR) is 44.4 cm³/mol. The molecular weight excluding hydrogens is 138 g/mol. The SMILES string of the molecule is CC1C2CON=C2CC1(C)C. The van der Waals surface area contributed by atoms with E-state index in [0.29, 0.717) is 11.3 Å². The zero-order chi connectivity index (χ0) is 8.06. The second-order valence-electron chi connectivity index (χ2n) is 4.44. The summed E-state index contributed by atoms with van der Waals surface area (Å²) in [4.78, 5) is 5.06. The number of nitrogens with zero attached hydrogens (tertiary/aromatic N) is 1. The second kappa shape index (κ2) is 1.99. The Morgan fingerprint density at radius 1 is 1.55 bits per heavy atom. The fraction of sp³-hybridized carbons (Fsp3) is 0.889. The van der Waals surface area contributed by atoms with E-state index in [1.165, 1.54) is 5.71 Å². The van der Waals surface area contributed by atoms with Crippen molar-refractivity contribution < 1.29 is 4.84 Å². The third kappa shape index (κ3) is 0.883. The molecule has 62 valence electrons. The van der Waals surface area contributed by atoms with Crippen molar-refractivity contribution in [2.45, 2.75) is 27.2 Å². The summed E-state index contributed by atoms with van der Waals surface area (Å²) < 4.78 is 0. The predicted octanol–water partition coefficient (Wildman–Crippen LogP) is 2.05. The topological polar surface area (TPSA) is 21.6 Å². The van der Waals surface area contributed by atoms with Gasteiger partial charge in [0, 0.05) is 5.92 Å². The van der Waals surface area contributed by atoms with Gasteiger partial charge < -0.3 is 4.84 Å². The van der Waals surface area contributed by atoms with Crippen molar-refractivity contribution >= 4 is 5.71 Å². The molecule has 1 fully saturated rings. The molecule has 0 aromatic carbocycles. The molecule has 1 aliphatic carbocycles. The molecule has 0 spiro atoms. The van der Waals surface area contributed by atoms with Crippen LogP contribution in [0.3, 0.4) is 0 Å². The second-order valence-corrected chi connectivity index (χ2v) is 4.44. The Balaban J connectivity index is 2.27. The molecule has 0 bridgehead atoms. The van der Waals surface area contributed by atoms with Crippen LogP contribution in [0, 0.1) is 17.3 Å². The molecular formula is C9H15NO. The third-order valence-corrected chi connectivity index (χ3v) is 3.34. The summed E-state index contributed by atoms with van der Waals surface area (Å²) in [7, 11) is 0. The molecule has 2 nitrogen and oxygen atoms in total. The Bertz CT molecular complexity index is 208. The van der Waals surface area contributed by atoms with Gasteiger partial charge in [-0.2, -0.15) is 0 Å². The molecule has 2 atom stereocenters. The van der Waals surface area contributed by atoms with Crippen molar-refractivity contribution in [3.05, 3.63) is 0 Å². The first kappa shape index (κ1) is 7.14. The zero-order valence-electron chi connectivity index (χ0n) is 7.42. The molecule has 1 saturated carbocycles. The molecule has 2 aliphatic rings. The molecule has 2 rings (SSSR count). The molecule has 0 radical (unpaired) electrons. The maximum absolute atomic E-state index is 5.06. The summed E-state index contributed by atoms with van der Waals surface area (Å²) in [5, 5.41) is 4.06. The first-order valence-corrected chi connectivity index (χ1v) is 4.30. The zero-order valence-corrected chi connectivity index (χ0v) is 7.42. The number of oxime groups is 1. The van der Waals surface area contributed by atoms with Gasteiger partial charge in [0.25, 0.3) is 0 Å². The Labute approximate surface area is 67.6 Å². The van der Waals surface area contributed by atoms with Crippen molar-refractivity contribution in [3.8, 4) is 0 Å². The van der Waals surface area contributed by atoms with E-state index in [1.54, 1.807) is 0 Å². The maximum Gasteiger partial charge on any atom is 0.125 e. The monoisotopic (exact) mass is 153 g/mol. The Kier molecular flexibility index (Phi) is 1.29. The van der Waals surface area contributed by atoms with Gasteiger partial charge >= 0.3 is 0 Å². The van der Waals surface area contributed by atoms with E-state index in [2.05, 4.69) is 25.9 Å². The fourth-order valence-corrected chi connectivity index (χ4v) is 2.13. The Hall–Kier alpha value is -0.530. The van der Waals surface area contributed by atoms with Gasteiger partial charge in [0.2, 0.25) is 0 Å². The van der Waals surface area contributed by atoms with Crippen LogP contribution in [0.25, 0.3) is 0 Å². The van der Waals surface area contributed by atoms with E-state index in [1.807, 2.05) is 0 Å². The minimum absolute atomic E-state index is 0.438. The van der Waals surface area contributed by atoms with Gasteiger partial charge in [-0.15, -0.1) is 0 Å². The first-order valence-electron chi connectivity index (χ1n) is 4.30. The van der Waals surface area contributed by atoms with E-state index in [0.717, 1.165) is 18.9 Å². The first-order chi connectivity index (χ1) is 5.11. The van der Waals surface area contributed by atoms with Gasteiger partial charge in [0.05, 0.1) is 5.71 Å². The van der Waals surface area contributed by atoms with Crippen molar-refractivity contribution in [1.82, 2.24) is 0 Å². The summed E-state index contributed by atoms with van der Waals surface area (Å²) in [6, 6.07) is 0. The van der Waals surface area contributed by atoms with Gasteiger partial charge in [0.1, 0.15) is 6.61 Å². The third-order valence-electron chi connectivity index (χ3n) is 3.34. The molecule has 0 amide bonds. The number of fused-ring (bicyclic) bond motifs is 1. The average molecular weight is 153 g/mol. The average Bonchev–Trinajstić information content (AvgIpc) is 2.39. The Morgan fingerprint density at radius 3 is 2.91 bits per heavy atom. The van der Waals surface area contributed by atoms with Gasteiger partial charge in [-0.05, 0) is 17.8 Å². The van der Waals surface area contributed by atoms with Crippen LogP contribution in [0.4, 0.5) is 0 Å². The van der Waals surface area contributed by atoms with Crippen LogP contribution in [-0.4, -0.2) is 12.3 Å². The summed E-state index contributed by atoms with van der Waals surface area (Å²) in [5.41, 5.74) is 1.73. The van der Waals surface area contributed by atoms with Crippen molar-refractivity contribution in [2.75, 3.05) is 6.61 Å². The van der Waals surface area contributed by atoms with Crippen LogP contribution in [0.2, 0.25) is 0 Å². The van der Waals surface area contributed by atoms with Crippen LogP contribution in [0.1, 0.15) is 27.2 Å². The van der Waals surface area contributed by atoms with E-state index in [4.69, 9.17) is 4.84 Å². The van der Waals surface area contributed by atoms with Gasteiger partial charge in [0.15, 0.2) is 0 Å². The van der Waals surface area contributed by atoms with E-state index < -0.39 is 0 Å². The highest BCUT2D eigenvalue weighted by molar-refractivity contribution is 5.90. The van der Waals surface area contributed by atoms with Crippen molar-refractivity contribution in [2.24, 2.45) is 22.4 Å². The van der Waals surface area contributed by atoms with E-state index >= 15 is 0 Å². The lowest BCUT2D eigenvalue weighted by atomic mass is 9.80. The standard InChI is InChI=1S/C9H15NO/c1-6-7-5-11-10-8(7)4-9(6,2)3/h6-7H,4-5H2,1-3H3. The summed E-state index contributed by atoms with van der Waals surface area (Å²) in [6.45, 7) is 7.76. The Morgan fingerprint density at radius 2 is 2.27 bits per heavy atom. The number of rotatable bonds is 0. The molecule has 2 heteroatoms. The van der Waals surface area contributed by atoms with Crippen LogP contribution >= 0.6 is 0 Å². The summed E-state index contributed by atoms with van der Waals surface area (Å²) in [6.07, 6.45) is 1.12. The molecule has 1 heterocycles. The lowest BCUT2D eigenvalue weighted by Gasteiger charge is -2.24. The van der Waals surface area contributed by atoms with Gasteiger partial charge in [-0.3, -0.25) is 0 Å². The highest BCUT2D eigenvalue weighted by Gasteiger charge is 2.46.